The van der Waals surface area contributed by atoms with Crippen molar-refractivity contribution in [2.24, 2.45) is 5.92 Å². The van der Waals surface area contributed by atoms with Crippen LogP contribution in [0.3, 0.4) is 0 Å². The van der Waals surface area contributed by atoms with Crippen LogP contribution in [0.15, 0.2) is 0 Å². The number of carbonyl (C=O) groups excluding carboxylic acids is 1. The van der Waals surface area contributed by atoms with E-state index in [4.69, 9.17) is 9.84 Å². The molecule has 1 fully saturated rings. The lowest BCUT2D eigenvalue weighted by molar-refractivity contribution is -0.140. The Bertz CT molecular complexity index is 240. The van der Waals surface area contributed by atoms with Crippen LogP contribution in [0.2, 0.25) is 0 Å². The van der Waals surface area contributed by atoms with Gasteiger partial charge in [-0.15, -0.1) is 0 Å². The van der Waals surface area contributed by atoms with Gasteiger partial charge < -0.3 is 14.7 Å². The van der Waals surface area contributed by atoms with E-state index in [2.05, 4.69) is 0 Å². The molecule has 1 heterocycles. The van der Waals surface area contributed by atoms with Gasteiger partial charge in [0.05, 0.1) is 18.0 Å². The van der Waals surface area contributed by atoms with Crippen molar-refractivity contribution in [1.82, 2.24) is 4.90 Å². The molecule has 3 unspecified atom stereocenters. The summed E-state index contributed by atoms with van der Waals surface area (Å²) in [5, 5.41) is 8.89. The van der Waals surface area contributed by atoms with Gasteiger partial charge in [-0.3, -0.25) is 4.79 Å². The Balaban J connectivity index is 2.27. The zero-order chi connectivity index (χ0) is 12.8. The summed E-state index contributed by atoms with van der Waals surface area (Å²) in [6, 6.07) is 0. The maximum Gasteiger partial charge on any atom is 0.232 e. The number of aliphatic hydroxyl groups is 1. The predicted molar refractivity (Wildman–Crippen MR) is 70.2 cm³/mol. The summed E-state index contributed by atoms with van der Waals surface area (Å²) in [5.41, 5.74) is 0. The average Bonchev–Trinajstić information content (AvgIpc) is 2.27. The molecule has 1 N–H and O–H groups in total. The van der Waals surface area contributed by atoms with Crippen molar-refractivity contribution >= 4 is 17.7 Å². The molecule has 0 aromatic rings. The third-order valence-corrected chi connectivity index (χ3v) is 3.97. The topological polar surface area (TPSA) is 49.8 Å². The molecule has 5 heteroatoms. The molecule has 0 spiro atoms. The third-order valence-electron chi connectivity index (χ3n) is 2.71. The van der Waals surface area contributed by atoms with E-state index in [9.17, 15) is 4.79 Å². The minimum atomic E-state index is 0.129. The Morgan fingerprint density at radius 2 is 2.06 bits per heavy atom. The molecule has 1 aliphatic rings. The van der Waals surface area contributed by atoms with Gasteiger partial charge in [-0.1, -0.05) is 6.92 Å². The fraction of sp³-hybridized carbons (Fsp3) is 0.917. The maximum atomic E-state index is 11.9. The lowest BCUT2D eigenvalue weighted by Gasteiger charge is -2.35. The van der Waals surface area contributed by atoms with Gasteiger partial charge in [0.1, 0.15) is 0 Å². The molecule has 0 saturated carbocycles. The second-order valence-corrected chi connectivity index (χ2v) is 5.89. The molecule has 0 radical (unpaired) electrons. The third kappa shape index (κ3) is 5.27. The Morgan fingerprint density at radius 1 is 1.47 bits per heavy atom. The summed E-state index contributed by atoms with van der Waals surface area (Å²) >= 11 is 1.60. The van der Waals surface area contributed by atoms with Crippen LogP contribution in [-0.2, 0) is 9.53 Å². The van der Waals surface area contributed by atoms with Crippen molar-refractivity contribution < 1.29 is 14.6 Å². The Morgan fingerprint density at radius 3 is 2.59 bits per heavy atom. The van der Waals surface area contributed by atoms with Crippen LogP contribution in [0.25, 0.3) is 0 Å². The van der Waals surface area contributed by atoms with Crippen molar-refractivity contribution in [3.05, 3.63) is 0 Å². The summed E-state index contributed by atoms with van der Waals surface area (Å²) in [5.74, 6) is 1.78. The maximum absolute atomic E-state index is 11.9. The standard InChI is InChI=1S/C12H23NO3S/c1-9(6-14)7-17-8-12(15)13-4-10(2)16-11(3)5-13/h9-11,14H,4-8H2,1-3H3. The lowest BCUT2D eigenvalue weighted by Crippen LogP contribution is -2.48. The van der Waals surface area contributed by atoms with E-state index < -0.39 is 0 Å². The number of ether oxygens (including phenoxy) is 1. The van der Waals surface area contributed by atoms with E-state index >= 15 is 0 Å². The van der Waals surface area contributed by atoms with Crippen molar-refractivity contribution in [2.45, 2.75) is 33.0 Å². The number of amides is 1. The molecule has 100 valence electrons. The SMILES string of the molecule is CC(CO)CSCC(=O)N1CC(C)OC(C)C1. The lowest BCUT2D eigenvalue weighted by atomic mass is 10.2. The number of carbonyl (C=O) groups is 1. The van der Waals surface area contributed by atoms with E-state index in [0.29, 0.717) is 18.8 Å². The minimum Gasteiger partial charge on any atom is -0.396 e. The Hall–Kier alpha value is -0.260. The average molecular weight is 261 g/mol. The molecule has 0 aromatic heterocycles. The minimum absolute atomic E-state index is 0.129. The first-order valence-electron chi connectivity index (χ1n) is 6.14. The highest BCUT2D eigenvalue weighted by Crippen LogP contribution is 2.14. The molecule has 0 aliphatic carbocycles. The second-order valence-electron chi connectivity index (χ2n) is 4.86. The van der Waals surface area contributed by atoms with Gasteiger partial charge in [-0.25, -0.2) is 0 Å². The van der Waals surface area contributed by atoms with Gasteiger partial charge in [-0.05, 0) is 25.5 Å². The fourth-order valence-corrected chi connectivity index (χ4v) is 2.86. The summed E-state index contributed by atoms with van der Waals surface area (Å²) in [4.78, 5) is 13.8. The van der Waals surface area contributed by atoms with Crippen LogP contribution in [0.4, 0.5) is 0 Å². The van der Waals surface area contributed by atoms with Crippen molar-refractivity contribution in [2.75, 3.05) is 31.2 Å². The van der Waals surface area contributed by atoms with Gasteiger partial charge in [0.25, 0.3) is 0 Å². The summed E-state index contributed by atoms with van der Waals surface area (Å²) in [6.45, 7) is 7.55. The second kappa shape index (κ2) is 7.24. The van der Waals surface area contributed by atoms with E-state index in [1.54, 1.807) is 11.8 Å². The molecular formula is C12H23NO3S. The highest BCUT2D eigenvalue weighted by Gasteiger charge is 2.25. The molecule has 1 rings (SSSR count). The summed E-state index contributed by atoms with van der Waals surface area (Å²) in [6.07, 6.45) is 0.258. The van der Waals surface area contributed by atoms with Crippen molar-refractivity contribution in [3.8, 4) is 0 Å². The van der Waals surface area contributed by atoms with Gasteiger partial charge in [0.15, 0.2) is 0 Å². The first-order valence-corrected chi connectivity index (χ1v) is 7.30. The largest absolute Gasteiger partial charge is 0.396 e. The van der Waals surface area contributed by atoms with E-state index in [0.717, 1.165) is 5.75 Å². The first kappa shape index (κ1) is 14.8. The van der Waals surface area contributed by atoms with Crippen LogP contribution in [-0.4, -0.2) is 59.3 Å². The van der Waals surface area contributed by atoms with E-state index in [1.807, 2.05) is 25.7 Å². The predicted octanol–water partition coefficient (Wildman–Crippen LogP) is 0.984. The van der Waals surface area contributed by atoms with Crippen LogP contribution < -0.4 is 0 Å². The van der Waals surface area contributed by atoms with Crippen LogP contribution in [0.1, 0.15) is 20.8 Å². The number of hydrogen-bond acceptors (Lipinski definition) is 4. The van der Waals surface area contributed by atoms with Gasteiger partial charge >= 0.3 is 0 Å². The molecule has 17 heavy (non-hydrogen) atoms. The van der Waals surface area contributed by atoms with Gasteiger partial charge in [0, 0.05) is 19.7 Å². The number of hydrogen-bond donors (Lipinski definition) is 1. The molecule has 1 aliphatic heterocycles. The Kier molecular flexibility index (Phi) is 6.30. The number of thioether (sulfide) groups is 1. The van der Waals surface area contributed by atoms with E-state index in [-0.39, 0.29) is 30.6 Å². The number of morpholine rings is 1. The summed E-state index contributed by atoms with van der Waals surface area (Å²) in [7, 11) is 0. The normalized spacial score (nSPS) is 26.9. The summed E-state index contributed by atoms with van der Waals surface area (Å²) < 4.78 is 5.59. The molecule has 1 amide bonds. The fourth-order valence-electron chi connectivity index (χ4n) is 1.87. The monoisotopic (exact) mass is 261 g/mol. The molecule has 0 aromatic carbocycles. The van der Waals surface area contributed by atoms with Gasteiger partial charge in [-0.2, -0.15) is 11.8 Å². The molecule has 4 nitrogen and oxygen atoms in total. The zero-order valence-electron chi connectivity index (χ0n) is 10.9. The van der Waals surface area contributed by atoms with Crippen LogP contribution in [0.5, 0.6) is 0 Å². The van der Waals surface area contributed by atoms with E-state index in [1.165, 1.54) is 0 Å². The van der Waals surface area contributed by atoms with Crippen LogP contribution in [0, 0.1) is 5.92 Å². The molecule has 0 bridgehead atoms. The molecule has 3 atom stereocenters. The zero-order valence-corrected chi connectivity index (χ0v) is 11.7. The Labute approximate surface area is 108 Å². The quantitative estimate of drug-likeness (QED) is 0.801. The highest BCUT2D eigenvalue weighted by molar-refractivity contribution is 7.99. The van der Waals surface area contributed by atoms with Crippen molar-refractivity contribution in [3.63, 3.8) is 0 Å². The van der Waals surface area contributed by atoms with Crippen molar-refractivity contribution in [1.29, 1.82) is 0 Å². The highest BCUT2D eigenvalue weighted by atomic mass is 32.2. The first-order chi connectivity index (χ1) is 8.02. The smallest absolute Gasteiger partial charge is 0.232 e. The van der Waals surface area contributed by atoms with Crippen LogP contribution >= 0.6 is 11.8 Å². The number of aliphatic hydroxyl groups excluding tert-OH is 1. The number of rotatable bonds is 5. The molecule has 1 saturated heterocycles. The van der Waals surface area contributed by atoms with Gasteiger partial charge in [0.2, 0.25) is 5.91 Å². The number of nitrogens with zero attached hydrogens (tertiary/aromatic N) is 1. The molecular weight excluding hydrogens is 238 g/mol.